The summed E-state index contributed by atoms with van der Waals surface area (Å²) in [6.07, 6.45) is 4.29. The van der Waals surface area contributed by atoms with Crippen LogP contribution < -0.4 is 5.32 Å². The third kappa shape index (κ3) is 2.31. The topological polar surface area (TPSA) is 46.2 Å². The summed E-state index contributed by atoms with van der Waals surface area (Å²) in [5, 5.41) is 3.42. The van der Waals surface area contributed by atoms with Crippen molar-refractivity contribution in [2.24, 2.45) is 5.92 Å². The van der Waals surface area contributed by atoms with Crippen LogP contribution in [0.5, 0.6) is 0 Å². The van der Waals surface area contributed by atoms with E-state index in [4.69, 9.17) is 0 Å². The molecule has 3 nitrogen and oxygen atoms in total. The van der Waals surface area contributed by atoms with E-state index in [1.807, 2.05) is 12.1 Å². The molecule has 0 amide bonds. The van der Waals surface area contributed by atoms with E-state index in [0.29, 0.717) is 17.2 Å². The van der Waals surface area contributed by atoms with E-state index in [0.717, 1.165) is 25.1 Å². The molecule has 0 saturated carbocycles. The van der Waals surface area contributed by atoms with Crippen LogP contribution >= 0.6 is 0 Å². The average molecular weight is 265 g/mol. The highest BCUT2D eigenvalue weighted by molar-refractivity contribution is 7.91. The molecule has 1 saturated heterocycles. The normalized spacial score (nSPS) is 25.9. The first kappa shape index (κ1) is 12.2. The predicted molar refractivity (Wildman–Crippen MR) is 71.5 cm³/mol. The van der Waals surface area contributed by atoms with E-state index < -0.39 is 9.84 Å². The molecule has 1 unspecified atom stereocenters. The summed E-state index contributed by atoms with van der Waals surface area (Å²) in [6, 6.07) is 5.91. The van der Waals surface area contributed by atoms with Gasteiger partial charge in [-0.15, -0.1) is 0 Å². The summed E-state index contributed by atoms with van der Waals surface area (Å²) in [4.78, 5) is 0.563. The maximum Gasteiger partial charge on any atom is 0.178 e. The minimum atomic E-state index is -2.97. The number of hydrogen-bond acceptors (Lipinski definition) is 3. The van der Waals surface area contributed by atoms with Crippen LogP contribution in [0.25, 0.3) is 0 Å². The molecule has 3 rings (SSSR count). The van der Waals surface area contributed by atoms with Crippen molar-refractivity contribution in [2.45, 2.75) is 30.6 Å². The predicted octanol–water partition coefficient (Wildman–Crippen LogP) is 1.56. The second kappa shape index (κ2) is 4.67. The van der Waals surface area contributed by atoms with Gasteiger partial charge in [0.15, 0.2) is 9.84 Å². The van der Waals surface area contributed by atoms with Crippen molar-refractivity contribution in [1.82, 2.24) is 5.32 Å². The lowest BCUT2D eigenvalue weighted by molar-refractivity contribution is 0.376. The molecule has 4 heteroatoms. The quantitative estimate of drug-likeness (QED) is 0.882. The number of benzene rings is 1. The first-order chi connectivity index (χ1) is 8.65. The lowest BCUT2D eigenvalue weighted by atomic mass is 9.91. The molecule has 18 heavy (non-hydrogen) atoms. The van der Waals surface area contributed by atoms with Crippen LogP contribution in [0.4, 0.5) is 0 Å². The Morgan fingerprint density at radius 3 is 3.00 bits per heavy atom. The monoisotopic (exact) mass is 265 g/mol. The van der Waals surface area contributed by atoms with E-state index in [1.165, 1.54) is 18.4 Å². The Kier molecular flexibility index (Phi) is 3.16. The van der Waals surface area contributed by atoms with E-state index in [1.54, 1.807) is 0 Å². The fourth-order valence-electron chi connectivity index (χ4n) is 3.04. The van der Waals surface area contributed by atoms with E-state index in [-0.39, 0.29) is 5.75 Å². The molecule has 2 heterocycles. The molecule has 98 valence electrons. The molecular weight excluding hydrogens is 246 g/mol. The van der Waals surface area contributed by atoms with Crippen LogP contribution in [0, 0.1) is 5.92 Å². The van der Waals surface area contributed by atoms with E-state index in [2.05, 4.69) is 11.4 Å². The molecule has 1 N–H and O–H groups in total. The zero-order valence-electron chi connectivity index (χ0n) is 10.5. The second-order valence-electron chi connectivity index (χ2n) is 5.43. The van der Waals surface area contributed by atoms with Crippen LogP contribution in [-0.4, -0.2) is 27.3 Å². The Bertz CT molecular complexity index is 545. The van der Waals surface area contributed by atoms with Gasteiger partial charge in [0.2, 0.25) is 0 Å². The minimum absolute atomic E-state index is 0.288. The number of aryl methyl sites for hydroxylation is 1. The maximum atomic E-state index is 11.7. The molecule has 0 aromatic heterocycles. The van der Waals surface area contributed by atoms with Crippen molar-refractivity contribution >= 4 is 9.84 Å². The SMILES string of the molecule is O=S1(=O)CCc2cc(CC3CCCNC3)ccc21. The summed E-state index contributed by atoms with van der Waals surface area (Å²) in [7, 11) is -2.97. The minimum Gasteiger partial charge on any atom is -0.316 e. The average Bonchev–Trinajstić information content (AvgIpc) is 2.66. The Balaban J connectivity index is 1.79. The van der Waals surface area contributed by atoms with Gasteiger partial charge in [0.25, 0.3) is 0 Å². The highest BCUT2D eigenvalue weighted by Gasteiger charge is 2.26. The Morgan fingerprint density at radius 2 is 2.22 bits per heavy atom. The summed E-state index contributed by atoms with van der Waals surface area (Å²) >= 11 is 0. The number of nitrogens with one attached hydrogen (secondary N) is 1. The molecule has 0 aliphatic carbocycles. The van der Waals surface area contributed by atoms with Gasteiger partial charge in [-0.05, 0) is 61.9 Å². The lowest BCUT2D eigenvalue weighted by Gasteiger charge is -2.22. The summed E-state index contributed by atoms with van der Waals surface area (Å²) in [6.45, 7) is 2.23. The van der Waals surface area contributed by atoms with Crippen molar-refractivity contribution in [1.29, 1.82) is 0 Å². The molecule has 1 fully saturated rings. The molecular formula is C14H19NO2S. The van der Waals surface area contributed by atoms with Gasteiger partial charge in [-0.2, -0.15) is 0 Å². The van der Waals surface area contributed by atoms with Crippen LogP contribution in [0.15, 0.2) is 23.1 Å². The maximum absolute atomic E-state index is 11.7. The van der Waals surface area contributed by atoms with Crippen LogP contribution in [0.2, 0.25) is 0 Å². The third-order valence-corrected chi connectivity index (χ3v) is 5.83. The molecule has 0 radical (unpaired) electrons. The van der Waals surface area contributed by atoms with E-state index >= 15 is 0 Å². The van der Waals surface area contributed by atoms with Gasteiger partial charge in [-0.3, -0.25) is 0 Å². The summed E-state index contributed by atoms with van der Waals surface area (Å²) < 4.78 is 23.5. The zero-order valence-corrected chi connectivity index (χ0v) is 11.3. The highest BCUT2D eigenvalue weighted by atomic mass is 32.2. The third-order valence-electron chi connectivity index (χ3n) is 4.02. The standard InChI is InChI=1S/C14H19NO2S/c16-18(17)7-5-13-9-11(3-4-14(13)18)8-12-2-1-6-15-10-12/h3-4,9,12,15H,1-2,5-8,10H2. The van der Waals surface area contributed by atoms with Gasteiger partial charge in [0.1, 0.15) is 0 Å². The molecule has 2 aliphatic heterocycles. The number of rotatable bonds is 2. The molecule has 1 aromatic carbocycles. The van der Waals surface area contributed by atoms with E-state index in [9.17, 15) is 8.42 Å². The number of fused-ring (bicyclic) bond motifs is 1. The van der Waals surface area contributed by atoms with Gasteiger partial charge in [-0.1, -0.05) is 12.1 Å². The fraction of sp³-hybridized carbons (Fsp3) is 0.571. The molecule has 0 spiro atoms. The van der Waals surface area contributed by atoms with Crippen LogP contribution in [0.1, 0.15) is 24.0 Å². The second-order valence-corrected chi connectivity index (χ2v) is 7.51. The number of piperidine rings is 1. The number of hydrogen-bond donors (Lipinski definition) is 1. The largest absolute Gasteiger partial charge is 0.316 e. The van der Waals surface area contributed by atoms with Crippen molar-refractivity contribution in [3.05, 3.63) is 29.3 Å². The summed E-state index contributed by atoms with van der Waals surface area (Å²) in [5.41, 5.74) is 2.32. The summed E-state index contributed by atoms with van der Waals surface area (Å²) in [5.74, 6) is 0.992. The fourth-order valence-corrected chi connectivity index (χ4v) is 4.59. The Morgan fingerprint density at radius 1 is 1.33 bits per heavy atom. The molecule has 0 bridgehead atoms. The van der Waals surface area contributed by atoms with Crippen LogP contribution in [-0.2, 0) is 22.7 Å². The first-order valence-electron chi connectivity index (χ1n) is 6.70. The van der Waals surface area contributed by atoms with Gasteiger partial charge in [0, 0.05) is 0 Å². The number of sulfone groups is 1. The van der Waals surface area contributed by atoms with Crippen molar-refractivity contribution in [3.63, 3.8) is 0 Å². The van der Waals surface area contributed by atoms with Gasteiger partial charge in [0.05, 0.1) is 10.6 Å². The van der Waals surface area contributed by atoms with Gasteiger partial charge < -0.3 is 5.32 Å². The molecule has 2 aliphatic rings. The van der Waals surface area contributed by atoms with Crippen molar-refractivity contribution < 1.29 is 8.42 Å². The first-order valence-corrected chi connectivity index (χ1v) is 8.36. The highest BCUT2D eigenvalue weighted by Crippen LogP contribution is 2.28. The Labute approximate surface area is 109 Å². The van der Waals surface area contributed by atoms with Gasteiger partial charge >= 0.3 is 0 Å². The Hall–Kier alpha value is -0.870. The van der Waals surface area contributed by atoms with Crippen molar-refractivity contribution in [3.8, 4) is 0 Å². The zero-order chi connectivity index (χ0) is 12.6. The van der Waals surface area contributed by atoms with Crippen LogP contribution in [0.3, 0.4) is 0 Å². The smallest absolute Gasteiger partial charge is 0.178 e. The van der Waals surface area contributed by atoms with Crippen molar-refractivity contribution in [2.75, 3.05) is 18.8 Å². The van der Waals surface area contributed by atoms with Gasteiger partial charge in [-0.25, -0.2) is 8.42 Å². The lowest BCUT2D eigenvalue weighted by Crippen LogP contribution is -2.30. The molecule has 1 atom stereocenters. The molecule has 1 aromatic rings.